The Morgan fingerprint density at radius 1 is 1.56 bits per heavy atom. The molecule has 90 valence electrons. The first-order chi connectivity index (χ1) is 7.58. The van der Waals surface area contributed by atoms with Crippen LogP contribution in [0.3, 0.4) is 0 Å². The van der Waals surface area contributed by atoms with Crippen molar-refractivity contribution in [3.8, 4) is 5.75 Å². The van der Waals surface area contributed by atoms with Crippen LogP contribution < -0.4 is 4.74 Å². The lowest BCUT2D eigenvalue weighted by Crippen LogP contribution is -2.08. The summed E-state index contributed by atoms with van der Waals surface area (Å²) in [5.41, 5.74) is 0. The number of ether oxygens (including phenoxy) is 1. The van der Waals surface area contributed by atoms with E-state index in [9.17, 15) is 4.79 Å². The first-order valence-electron chi connectivity index (χ1n) is 5.57. The van der Waals surface area contributed by atoms with Crippen LogP contribution in [0.5, 0.6) is 5.75 Å². The van der Waals surface area contributed by atoms with Crippen molar-refractivity contribution < 1.29 is 14.6 Å². The highest BCUT2D eigenvalue weighted by Crippen LogP contribution is 2.30. The second kappa shape index (κ2) is 5.89. The van der Waals surface area contributed by atoms with Gasteiger partial charge >= 0.3 is 5.97 Å². The zero-order valence-corrected chi connectivity index (χ0v) is 10.8. The van der Waals surface area contributed by atoms with Crippen LogP contribution >= 0.6 is 11.3 Å². The Hall–Kier alpha value is -1.03. The van der Waals surface area contributed by atoms with Crippen molar-refractivity contribution in [1.29, 1.82) is 0 Å². The van der Waals surface area contributed by atoms with E-state index in [1.54, 1.807) is 0 Å². The molecule has 0 amide bonds. The third kappa shape index (κ3) is 3.23. The topological polar surface area (TPSA) is 46.5 Å². The van der Waals surface area contributed by atoms with Crippen LogP contribution in [0.25, 0.3) is 0 Å². The summed E-state index contributed by atoms with van der Waals surface area (Å²) < 4.78 is 5.56. The van der Waals surface area contributed by atoms with Gasteiger partial charge < -0.3 is 9.84 Å². The van der Waals surface area contributed by atoms with E-state index < -0.39 is 5.97 Å². The SMILES string of the molecule is CCc1cc(OCC(C)CC)c(C(=O)O)s1. The molecule has 0 spiro atoms. The number of carboxylic acids is 1. The molecule has 16 heavy (non-hydrogen) atoms. The molecular weight excluding hydrogens is 224 g/mol. The lowest BCUT2D eigenvalue weighted by Gasteiger charge is -2.09. The van der Waals surface area contributed by atoms with Gasteiger partial charge in [-0.2, -0.15) is 0 Å². The Morgan fingerprint density at radius 3 is 2.75 bits per heavy atom. The lowest BCUT2D eigenvalue weighted by molar-refractivity contribution is 0.0697. The van der Waals surface area contributed by atoms with E-state index in [1.807, 2.05) is 13.0 Å². The molecular formula is C12H18O3S. The molecule has 0 saturated carbocycles. The van der Waals surface area contributed by atoms with E-state index in [2.05, 4.69) is 13.8 Å². The van der Waals surface area contributed by atoms with Gasteiger partial charge in [-0.1, -0.05) is 27.2 Å². The summed E-state index contributed by atoms with van der Waals surface area (Å²) in [6, 6.07) is 1.84. The molecule has 4 heteroatoms. The number of hydrogen-bond acceptors (Lipinski definition) is 3. The first-order valence-corrected chi connectivity index (χ1v) is 6.38. The van der Waals surface area contributed by atoms with Crippen LogP contribution in [0, 0.1) is 5.92 Å². The highest BCUT2D eigenvalue weighted by molar-refractivity contribution is 7.14. The fourth-order valence-corrected chi connectivity index (χ4v) is 2.08. The van der Waals surface area contributed by atoms with E-state index >= 15 is 0 Å². The lowest BCUT2D eigenvalue weighted by atomic mass is 10.1. The molecule has 0 aliphatic rings. The Morgan fingerprint density at radius 2 is 2.25 bits per heavy atom. The summed E-state index contributed by atoms with van der Waals surface area (Å²) in [5, 5.41) is 9.03. The minimum absolute atomic E-state index is 0.320. The summed E-state index contributed by atoms with van der Waals surface area (Å²) >= 11 is 1.30. The maximum Gasteiger partial charge on any atom is 0.349 e. The maximum atomic E-state index is 11.0. The van der Waals surface area contributed by atoms with Gasteiger partial charge in [0.1, 0.15) is 5.75 Å². The monoisotopic (exact) mass is 242 g/mol. The Balaban J connectivity index is 2.77. The van der Waals surface area contributed by atoms with Crippen LogP contribution in [-0.2, 0) is 6.42 Å². The van der Waals surface area contributed by atoms with Crippen molar-refractivity contribution in [1.82, 2.24) is 0 Å². The fourth-order valence-electron chi connectivity index (χ4n) is 1.20. The average Bonchev–Trinajstić information content (AvgIpc) is 2.69. The van der Waals surface area contributed by atoms with Crippen molar-refractivity contribution in [3.05, 3.63) is 15.8 Å². The molecule has 1 aromatic rings. The molecule has 1 atom stereocenters. The van der Waals surface area contributed by atoms with Gasteiger partial charge in [0.2, 0.25) is 0 Å². The number of aryl methyl sites for hydroxylation is 1. The molecule has 1 N–H and O–H groups in total. The van der Waals surface area contributed by atoms with Gasteiger partial charge in [-0.3, -0.25) is 0 Å². The van der Waals surface area contributed by atoms with Crippen LogP contribution in [0.15, 0.2) is 6.07 Å². The van der Waals surface area contributed by atoms with Gasteiger partial charge in [-0.15, -0.1) is 11.3 Å². The molecule has 0 saturated heterocycles. The van der Waals surface area contributed by atoms with E-state index in [0.29, 0.717) is 23.2 Å². The highest BCUT2D eigenvalue weighted by Gasteiger charge is 2.16. The van der Waals surface area contributed by atoms with Crippen molar-refractivity contribution in [2.45, 2.75) is 33.6 Å². The summed E-state index contributed by atoms with van der Waals surface area (Å²) in [6.45, 7) is 6.78. The molecule has 1 heterocycles. The maximum absolute atomic E-state index is 11.0. The van der Waals surface area contributed by atoms with Crippen molar-refractivity contribution in [2.75, 3.05) is 6.61 Å². The van der Waals surface area contributed by atoms with Gasteiger partial charge in [-0.25, -0.2) is 4.79 Å². The molecule has 1 rings (SSSR count). The van der Waals surface area contributed by atoms with E-state index in [0.717, 1.165) is 17.7 Å². The summed E-state index contributed by atoms with van der Waals surface area (Å²) in [6.07, 6.45) is 1.88. The molecule has 0 bridgehead atoms. The Labute approximate surface area is 100 Å². The number of rotatable bonds is 6. The van der Waals surface area contributed by atoms with Gasteiger partial charge in [0, 0.05) is 4.88 Å². The minimum Gasteiger partial charge on any atom is -0.492 e. The van der Waals surface area contributed by atoms with Gasteiger partial charge in [-0.05, 0) is 18.4 Å². The predicted molar refractivity (Wildman–Crippen MR) is 65.6 cm³/mol. The number of thiophene rings is 1. The predicted octanol–water partition coefficient (Wildman–Crippen LogP) is 3.43. The number of aromatic carboxylic acids is 1. The molecule has 0 radical (unpaired) electrons. The molecule has 3 nitrogen and oxygen atoms in total. The Bertz CT molecular complexity index is 357. The third-order valence-electron chi connectivity index (χ3n) is 2.51. The molecule has 0 aliphatic carbocycles. The van der Waals surface area contributed by atoms with Crippen LogP contribution in [0.2, 0.25) is 0 Å². The van der Waals surface area contributed by atoms with E-state index in [1.165, 1.54) is 11.3 Å². The van der Waals surface area contributed by atoms with Crippen molar-refractivity contribution in [3.63, 3.8) is 0 Å². The first kappa shape index (κ1) is 13.0. The minimum atomic E-state index is -0.899. The van der Waals surface area contributed by atoms with E-state index in [4.69, 9.17) is 9.84 Å². The third-order valence-corrected chi connectivity index (χ3v) is 3.76. The average molecular weight is 242 g/mol. The number of carboxylic acid groups (broad SMARTS) is 1. The standard InChI is InChI=1S/C12H18O3S/c1-4-8(3)7-15-10-6-9(5-2)16-11(10)12(13)14/h6,8H,4-5,7H2,1-3H3,(H,13,14). The number of carbonyl (C=O) groups is 1. The van der Waals surface area contributed by atoms with Gasteiger partial charge in [0.15, 0.2) is 4.88 Å². The van der Waals surface area contributed by atoms with Crippen LogP contribution in [0.4, 0.5) is 0 Å². The summed E-state index contributed by atoms with van der Waals surface area (Å²) in [4.78, 5) is 12.4. The summed E-state index contributed by atoms with van der Waals surface area (Å²) in [7, 11) is 0. The molecule has 0 aliphatic heterocycles. The molecule has 1 aromatic heterocycles. The quantitative estimate of drug-likeness (QED) is 0.831. The Kier molecular flexibility index (Phi) is 4.80. The van der Waals surface area contributed by atoms with E-state index in [-0.39, 0.29) is 0 Å². The zero-order valence-electron chi connectivity index (χ0n) is 9.95. The fraction of sp³-hybridized carbons (Fsp3) is 0.583. The smallest absolute Gasteiger partial charge is 0.349 e. The van der Waals surface area contributed by atoms with Gasteiger partial charge in [0.05, 0.1) is 6.61 Å². The molecule has 0 aromatic carbocycles. The zero-order chi connectivity index (χ0) is 12.1. The van der Waals surface area contributed by atoms with Crippen molar-refractivity contribution >= 4 is 17.3 Å². The van der Waals surface area contributed by atoms with Crippen LogP contribution in [-0.4, -0.2) is 17.7 Å². The molecule has 1 unspecified atom stereocenters. The second-order valence-electron chi connectivity index (χ2n) is 3.89. The van der Waals surface area contributed by atoms with Gasteiger partial charge in [0.25, 0.3) is 0 Å². The largest absolute Gasteiger partial charge is 0.492 e. The normalized spacial score (nSPS) is 12.4. The van der Waals surface area contributed by atoms with Crippen LogP contribution in [0.1, 0.15) is 41.7 Å². The molecule has 0 fully saturated rings. The highest BCUT2D eigenvalue weighted by atomic mass is 32.1. The number of hydrogen-bond donors (Lipinski definition) is 1. The van der Waals surface area contributed by atoms with Crippen molar-refractivity contribution in [2.24, 2.45) is 5.92 Å². The second-order valence-corrected chi connectivity index (χ2v) is 5.03. The summed E-state index contributed by atoms with van der Waals surface area (Å²) in [5.74, 6) is 0.0742.